The molecule has 0 fully saturated rings. The van der Waals surface area contributed by atoms with Crippen molar-refractivity contribution in [3.05, 3.63) is 84.8 Å². The Bertz CT molecular complexity index is 1030. The maximum absolute atomic E-state index is 12.2. The van der Waals surface area contributed by atoms with Crippen LogP contribution in [0, 0.1) is 0 Å². The number of rotatable bonds is 6. The van der Waals surface area contributed by atoms with Gasteiger partial charge in [0, 0.05) is 36.4 Å². The topological polar surface area (TPSA) is 103 Å². The summed E-state index contributed by atoms with van der Waals surface area (Å²) in [7, 11) is 0. The van der Waals surface area contributed by atoms with Crippen molar-refractivity contribution in [3.63, 3.8) is 0 Å². The van der Waals surface area contributed by atoms with Gasteiger partial charge in [-0.25, -0.2) is 19.4 Å². The third-order valence-corrected chi connectivity index (χ3v) is 4.06. The zero-order valence-corrected chi connectivity index (χ0v) is 14.9. The number of hydrogen-bond acceptors (Lipinski definition) is 5. The molecule has 0 atom stereocenters. The van der Waals surface area contributed by atoms with Crippen molar-refractivity contribution in [2.24, 2.45) is 0 Å². The van der Waals surface area contributed by atoms with Gasteiger partial charge in [-0.1, -0.05) is 18.2 Å². The number of amides is 2. The Labute approximate surface area is 161 Å². The first-order chi connectivity index (χ1) is 13.8. The van der Waals surface area contributed by atoms with Gasteiger partial charge in [0.1, 0.15) is 12.7 Å². The number of benzene rings is 1. The summed E-state index contributed by atoms with van der Waals surface area (Å²) in [5.41, 5.74) is 2.64. The summed E-state index contributed by atoms with van der Waals surface area (Å²) in [6, 6.07) is 12.9. The van der Waals surface area contributed by atoms with Gasteiger partial charge in [-0.2, -0.15) is 10.2 Å². The van der Waals surface area contributed by atoms with Crippen LogP contribution in [0.3, 0.4) is 0 Å². The average molecular weight is 374 g/mol. The van der Waals surface area contributed by atoms with Gasteiger partial charge in [-0.3, -0.25) is 4.68 Å². The van der Waals surface area contributed by atoms with Crippen molar-refractivity contribution in [1.29, 1.82) is 0 Å². The van der Waals surface area contributed by atoms with Gasteiger partial charge in [0.2, 0.25) is 0 Å². The summed E-state index contributed by atoms with van der Waals surface area (Å²) < 4.78 is 3.41. The lowest BCUT2D eigenvalue weighted by atomic mass is 10.2. The van der Waals surface area contributed by atoms with E-state index in [9.17, 15) is 4.79 Å². The van der Waals surface area contributed by atoms with Crippen molar-refractivity contribution < 1.29 is 4.79 Å². The second kappa shape index (κ2) is 8.12. The molecule has 3 heterocycles. The lowest BCUT2D eigenvalue weighted by molar-refractivity contribution is 0.251. The number of nitrogens with zero attached hydrogens (tertiary/aromatic N) is 6. The fraction of sp³-hybridized carbons (Fsp3) is 0.105. The first-order valence-electron chi connectivity index (χ1n) is 8.68. The Morgan fingerprint density at radius 1 is 1.04 bits per heavy atom. The van der Waals surface area contributed by atoms with Crippen LogP contribution in [-0.2, 0) is 13.1 Å². The summed E-state index contributed by atoms with van der Waals surface area (Å²) in [4.78, 5) is 20.5. The zero-order chi connectivity index (χ0) is 19.2. The molecule has 0 spiro atoms. The van der Waals surface area contributed by atoms with Crippen LogP contribution in [0.2, 0.25) is 0 Å². The number of hydrogen-bond donors (Lipinski definition) is 2. The SMILES string of the molecule is O=C(NCc1cccnc1-n1cncn1)Nc1ccc(Cn2cccn2)cc1. The molecular formula is C19H18N8O. The van der Waals surface area contributed by atoms with Gasteiger partial charge in [0.05, 0.1) is 6.54 Å². The number of carbonyl (C=O) groups is 1. The number of urea groups is 1. The molecule has 2 amide bonds. The van der Waals surface area contributed by atoms with E-state index < -0.39 is 0 Å². The standard InChI is InChI=1S/C19H18N8O/c28-19(22-11-16-3-1-8-21-18(16)27-14-20-13-24-27)25-17-6-4-15(5-7-17)12-26-10-2-9-23-26/h1-10,13-14H,11-12H2,(H2,22,25,28). The van der Waals surface area contributed by atoms with Crippen molar-refractivity contribution in [2.45, 2.75) is 13.1 Å². The van der Waals surface area contributed by atoms with Gasteiger partial charge < -0.3 is 10.6 Å². The monoisotopic (exact) mass is 374 g/mol. The maximum Gasteiger partial charge on any atom is 0.319 e. The molecule has 0 unspecified atom stereocenters. The molecule has 0 saturated heterocycles. The normalized spacial score (nSPS) is 10.6. The summed E-state index contributed by atoms with van der Waals surface area (Å²) in [5, 5.41) is 13.9. The minimum atomic E-state index is -0.298. The molecule has 0 saturated carbocycles. The molecule has 2 N–H and O–H groups in total. The Morgan fingerprint density at radius 3 is 2.68 bits per heavy atom. The smallest absolute Gasteiger partial charge is 0.319 e. The lowest BCUT2D eigenvalue weighted by Gasteiger charge is -2.11. The number of carbonyl (C=O) groups excluding carboxylic acids is 1. The van der Waals surface area contributed by atoms with Gasteiger partial charge in [-0.15, -0.1) is 0 Å². The molecular weight excluding hydrogens is 356 g/mol. The maximum atomic E-state index is 12.2. The minimum Gasteiger partial charge on any atom is -0.334 e. The lowest BCUT2D eigenvalue weighted by Crippen LogP contribution is -2.28. The Hall–Kier alpha value is -4.01. The highest BCUT2D eigenvalue weighted by molar-refractivity contribution is 5.89. The molecule has 9 heteroatoms. The van der Waals surface area contributed by atoms with Crippen LogP contribution in [0.15, 0.2) is 73.7 Å². The number of anilines is 1. The van der Waals surface area contributed by atoms with Crippen molar-refractivity contribution >= 4 is 11.7 Å². The van der Waals surface area contributed by atoms with Crippen LogP contribution < -0.4 is 10.6 Å². The number of aromatic nitrogens is 6. The Kier molecular flexibility index (Phi) is 5.05. The van der Waals surface area contributed by atoms with Gasteiger partial charge in [-0.05, 0) is 29.8 Å². The predicted molar refractivity (Wildman–Crippen MR) is 103 cm³/mol. The fourth-order valence-electron chi connectivity index (χ4n) is 2.72. The molecule has 1 aromatic carbocycles. The Morgan fingerprint density at radius 2 is 1.93 bits per heavy atom. The van der Waals surface area contributed by atoms with E-state index in [1.807, 2.05) is 53.3 Å². The van der Waals surface area contributed by atoms with Gasteiger partial charge in [0.15, 0.2) is 5.82 Å². The van der Waals surface area contributed by atoms with E-state index in [1.165, 1.54) is 6.33 Å². The summed E-state index contributed by atoms with van der Waals surface area (Å²) in [5.74, 6) is 0.628. The van der Waals surface area contributed by atoms with E-state index in [4.69, 9.17) is 0 Å². The van der Waals surface area contributed by atoms with E-state index >= 15 is 0 Å². The van der Waals surface area contributed by atoms with E-state index in [0.29, 0.717) is 24.6 Å². The highest BCUT2D eigenvalue weighted by Gasteiger charge is 2.08. The first-order valence-corrected chi connectivity index (χ1v) is 8.68. The molecule has 0 aliphatic carbocycles. The molecule has 0 bridgehead atoms. The summed E-state index contributed by atoms with van der Waals surface area (Å²) in [6.07, 6.45) is 8.33. The molecule has 4 aromatic rings. The Balaban J connectivity index is 1.34. The fourth-order valence-corrected chi connectivity index (χ4v) is 2.72. The highest BCUT2D eigenvalue weighted by atomic mass is 16.2. The predicted octanol–water partition coefficient (Wildman–Crippen LogP) is 2.23. The summed E-state index contributed by atoms with van der Waals surface area (Å²) >= 11 is 0. The number of pyridine rings is 1. The van der Waals surface area contributed by atoms with Gasteiger partial charge >= 0.3 is 6.03 Å². The molecule has 9 nitrogen and oxygen atoms in total. The van der Waals surface area contributed by atoms with Crippen LogP contribution in [0.4, 0.5) is 10.5 Å². The van der Waals surface area contributed by atoms with Crippen molar-refractivity contribution in [1.82, 2.24) is 34.8 Å². The molecule has 0 aliphatic heterocycles. The minimum absolute atomic E-state index is 0.298. The van der Waals surface area contributed by atoms with Crippen LogP contribution in [0.5, 0.6) is 0 Å². The van der Waals surface area contributed by atoms with Crippen LogP contribution >= 0.6 is 0 Å². The van der Waals surface area contributed by atoms with Crippen molar-refractivity contribution in [3.8, 4) is 5.82 Å². The second-order valence-electron chi connectivity index (χ2n) is 6.03. The zero-order valence-electron chi connectivity index (χ0n) is 14.9. The molecule has 0 aliphatic rings. The summed E-state index contributed by atoms with van der Waals surface area (Å²) in [6.45, 7) is 0.998. The quantitative estimate of drug-likeness (QED) is 0.539. The highest BCUT2D eigenvalue weighted by Crippen LogP contribution is 2.12. The third-order valence-electron chi connectivity index (χ3n) is 4.06. The molecule has 0 radical (unpaired) electrons. The van der Waals surface area contributed by atoms with E-state index in [1.54, 1.807) is 23.4 Å². The molecule has 28 heavy (non-hydrogen) atoms. The average Bonchev–Trinajstić information content (AvgIpc) is 3.42. The van der Waals surface area contributed by atoms with Gasteiger partial charge in [0.25, 0.3) is 0 Å². The van der Waals surface area contributed by atoms with E-state index in [2.05, 4.69) is 30.8 Å². The number of nitrogens with one attached hydrogen (secondary N) is 2. The second-order valence-corrected chi connectivity index (χ2v) is 6.03. The van der Waals surface area contributed by atoms with Crippen LogP contribution in [-0.4, -0.2) is 35.6 Å². The third kappa shape index (κ3) is 4.21. The molecule has 140 valence electrons. The largest absolute Gasteiger partial charge is 0.334 e. The molecule has 3 aromatic heterocycles. The van der Waals surface area contributed by atoms with E-state index in [0.717, 1.165) is 11.1 Å². The molecule has 4 rings (SSSR count). The van der Waals surface area contributed by atoms with Crippen LogP contribution in [0.1, 0.15) is 11.1 Å². The first kappa shape index (κ1) is 17.4. The van der Waals surface area contributed by atoms with Crippen molar-refractivity contribution in [2.75, 3.05) is 5.32 Å². The van der Waals surface area contributed by atoms with E-state index in [-0.39, 0.29) is 6.03 Å². The van der Waals surface area contributed by atoms with Crippen LogP contribution in [0.25, 0.3) is 5.82 Å².